The maximum absolute atomic E-state index is 6.22. The van der Waals surface area contributed by atoms with Crippen LogP contribution in [0.2, 0.25) is 0 Å². The minimum absolute atomic E-state index is 0.420. The predicted molar refractivity (Wildman–Crippen MR) is 125 cm³/mol. The topological polar surface area (TPSA) is 24.9 Å². The van der Waals surface area contributed by atoms with Gasteiger partial charge in [0.05, 0.1) is 13.7 Å². The summed E-state index contributed by atoms with van der Waals surface area (Å²) in [6.07, 6.45) is 7.79. The van der Waals surface area contributed by atoms with Gasteiger partial charge in [-0.1, -0.05) is 24.6 Å². The van der Waals surface area contributed by atoms with Crippen molar-refractivity contribution in [1.29, 1.82) is 0 Å². The first-order valence-corrected chi connectivity index (χ1v) is 12.2. The summed E-state index contributed by atoms with van der Waals surface area (Å²) in [4.78, 5) is 5.27. The van der Waals surface area contributed by atoms with E-state index in [9.17, 15) is 0 Å². The molecule has 0 N–H and O–H groups in total. The molecule has 0 aromatic heterocycles. The molecule has 0 saturated carbocycles. The van der Waals surface area contributed by atoms with Gasteiger partial charge in [-0.3, -0.25) is 4.90 Å². The second-order valence-electron chi connectivity index (χ2n) is 9.37. The number of rotatable bonds is 7. The van der Waals surface area contributed by atoms with Crippen molar-refractivity contribution in [3.63, 3.8) is 0 Å². The lowest BCUT2D eigenvalue weighted by atomic mass is 9.81. The lowest BCUT2D eigenvalue weighted by Gasteiger charge is -2.37. The van der Waals surface area contributed by atoms with Crippen LogP contribution < -0.4 is 9.47 Å². The van der Waals surface area contributed by atoms with Crippen LogP contribution in [0.4, 0.5) is 0 Å². The van der Waals surface area contributed by atoms with Crippen molar-refractivity contribution >= 4 is 0 Å². The molecule has 2 aromatic rings. The fourth-order valence-corrected chi connectivity index (χ4v) is 5.76. The highest BCUT2D eigenvalue weighted by molar-refractivity contribution is 5.47. The third kappa shape index (κ3) is 4.61. The van der Waals surface area contributed by atoms with E-state index in [-0.39, 0.29) is 0 Å². The molecular formula is C27H36N2O2. The molecule has 4 heteroatoms. The van der Waals surface area contributed by atoms with Crippen LogP contribution in [0.1, 0.15) is 67.2 Å². The van der Waals surface area contributed by atoms with Crippen molar-refractivity contribution < 1.29 is 9.47 Å². The molecule has 3 heterocycles. The van der Waals surface area contributed by atoms with E-state index in [1.54, 1.807) is 7.11 Å². The first kappa shape index (κ1) is 20.8. The quantitative estimate of drug-likeness (QED) is 0.573. The highest BCUT2D eigenvalue weighted by Crippen LogP contribution is 2.45. The molecule has 0 bridgehead atoms. The Labute approximate surface area is 187 Å². The van der Waals surface area contributed by atoms with Crippen molar-refractivity contribution in [3.05, 3.63) is 59.2 Å². The van der Waals surface area contributed by atoms with Crippen molar-refractivity contribution in [2.24, 2.45) is 0 Å². The summed E-state index contributed by atoms with van der Waals surface area (Å²) in [5.74, 6) is 2.38. The van der Waals surface area contributed by atoms with E-state index in [2.05, 4.69) is 52.3 Å². The van der Waals surface area contributed by atoms with Crippen LogP contribution in [0.15, 0.2) is 42.5 Å². The van der Waals surface area contributed by atoms with E-state index in [0.717, 1.165) is 31.1 Å². The Kier molecular flexibility index (Phi) is 6.47. The number of benzene rings is 2. The average Bonchev–Trinajstić information content (AvgIpc) is 3.31. The normalized spacial score (nSPS) is 23.9. The van der Waals surface area contributed by atoms with Gasteiger partial charge in [-0.05, 0) is 92.7 Å². The van der Waals surface area contributed by atoms with Gasteiger partial charge < -0.3 is 14.4 Å². The minimum Gasteiger partial charge on any atom is -0.497 e. The molecule has 1 unspecified atom stereocenters. The second kappa shape index (κ2) is 9.62. The fraction of sp³-hybridized carbons (Fsp3) is 0.556. The summed E-state index contributed by atoms with van der Waals surface area (Å²) in [7, 11) is 1.73. The number of hydrogen-bond donors (Lipinski definition) is 0. The first-order valence-electron chi connectivity index (χ1n) is 12.2. The van der Waals surface area contributed by atoms with Crippen LogP contribution in [0, 0.1) is 0 Å². The van der Waals surface area contributed by atoms with Gasteiger partial charge >= 0.3 is 0 Å². The van der Waals surface area contributed by atoms with Crippen molar-refractivity contribution in [3.8, 4) is 11.5 Å². The summed E-state index contributed by atoms with van der Waals surface area (Å²) >= 11 is 0. The van der Waals surface area contributed by atoms with Crippen LogP contribution in [-0.2, 0) is 0 Å². The second-order valence-corrected chi connectivity index (χ2v) is 9.37. The van der Waals surface area contributed by atoms with Gasteiger partial charge in [-0.25, -0.2) is 0 Å². The van der Waals surface area contributed by atoms with Crippen LogP contribution in [0.3, 0.4) is 0 Å². The van der Waals surface area contributed by atoms with Gasteiger partial charge in [-0.15, -0.1) is 0 Å². The summed E-state index contributed by atoms with van der Waals surface area (Å²) < 4.78 is 11.6. The molecule has 3 aliphatic rings. The predicted octanol–water partition coefficient (Wildman–Crippen LogP) is 5.23. The van der Waals surface area contributed by atoms with Gasteiger partial charge in [0, 0.05) is 25.0 Å². The monoisotopic (exact) mass is 420 g/mol. The Bertz CT molecular complexity index is 860. The fourth-order valence-electron chi connectivity index (χ4n) is 5.76. The molecule has 3 aliphatic heterocycles. The van der Waals surface area contributed by atoms with E-state index in [1.807, 2.05) is 0 Å². The third-order valence-corrected chi connectivity index (χ3v) is 7.43. The van der Waals surface area contributed by atoms with E-state index in [4.69, 9.17) is 9.47 Å². The number of methoxy groups -OCH3 is 1. The Morgan fingerprint density at radius 2 is 1.68 bits per heavy atom. The number of nitrogens with zero attached hydrogens (tertiary/aromatic N) is 2. The maximum Gasteiger partial charge on any atom is 0.119 e. The van der Waals surface area contributed by atoms with Crippen LogP contribution in [-0.4, -0.2) is 56.2 Å². The summed E-state index contributed by atoms with van der Waals surface area (Å²) in [6.45, 7) is 6.83. The summed E-state index contributed by atoms with van der Waals surface area (Å²) in [6, 6.07) is 16.1. The van der Waals surface area contributed by atoms with Gasteiger partial charge in [0.1, 0.15) is 11.5 Å². The average molecular weight is 421 g/mol. The smallest absolute Gasteiger partial charge is 0.119 e. The molecule has 166 valence electrons. The van der Waals surface area contributed by atoms with E-state index in [0.29, 0.717) is 12.0 Å². The SMILES string of the molecule is COc1ccc([C@H]2CN3CCCC3c3cc(OCCCN4CCCCC4)ccc32)cc1. The number of hydrogen-bond acceptors (Lipinski definition) is 4. The van der Waals surface area contributed by atoms with Gasteiger partial charge in [-0.2, -0.15) is 0 Å². The molecular weight excluding hydrogens is 384 g/mol. The Hall–Kier alpha value is -2.04. The van der Waals surface area contributed by atoms with Gasteiger partial charge in [0.15, 0.2) is 0 Å². The first-order chi connectivity index (χ1) is 15.3. The largest absolute Gasteiger partial charge is 0.497 e. The number of piperidine rings is 1. The van der Waals surface area contributed by atoms with E-state index in [1.165, 1.54) is 75.0 Å². The highest BCUT2D eigenvalue weighted by Gasteiger charge is 2.36. The molecule has 0 radical (unpaired) electrons. The zero-order valence-electron chi connectivity index (χ0n) is 18.9. The molecule has 0 aliphatic carbocycles. The number of ether oxygens (including phenoxy) is 2. The van der Waals surface area contributed by atoms with Crippen LogP contribution in [0.5, 0.6) is 11.5 Å². The van der Waals surface area contributed by atoms with Crippen molar-refractivity contribution in [2.45, 2.75) is 50.5 Å². The Morgan fingerprint density at radius 3 is 2.48 bits per heavy atom. The summed E-state index contributed by atoms with van der Waals surface area (Å²) in [5.41, 5.74) is 4.34. The van der Waals surface area contributed by atoms with E-state index < -0.39 is 0 Å². The lowest BCUT2D eigenvalue weighted by molar-refractivity contribution is 0.204. The molecule has 0 spiro atoms. The van der Waals surface area contributed by atoms with Crippen molar-refractivity contribution in [1.82, 2.24) is 9.80 Å². The third-order valence-electron chi connectivity index (χ3n) is 7.43. The van der Waals surface area contributed by atoms with Crippen LogP contribution >= 0.6 is 0 Å². The molecule has 2 aromatic carbocycles. The molecule has 31 heavy (non-hydrogen) atoms. The maximum atomic E-state index is 6.22. The standard InChI is InChI=1S/C27H36N2O2/c1-30-22-10-8-21(9-11-22)26-20-29-17-5-7-27(29)25-19-23(12-13-24(25)26)31-18-6-16-28-14-3-2-4-15-28/h8-13,19,26-27H,2-7,14-18,20H2,1H3/t26-,27?/m1/s1. The molecule has 2 atom stereocenters. The minimum atomic E-state index is 0.420. The van der Waals surface area contributed by atoms with Gasteiger partial charge in [0.2, 0.25) is 0 Å². The molecule has 4 nitrogen and oxygen atoms in total. The van der Waals surface area contributed by atoms with E-state index >= 15 is 0 Å². The Morgan fingerprint density at radius 1 is 0.871 bits per heavy atom. The molecule has 2 fully saturated rings. The number of fused-ring (bicyclic) bond motifs is 3. The van der Waals surface area contributed by atoms with Crippen molar-refractivity contribution in [2.75, 3.05) is 46.4 Å². The molecule has 0 amide bonds. The van der Waals surface area contributed by atoms with Gasteiger partial charge in [0.25, 0.3) is 0 Å². The number of likely N-dealkylation sites (tertiary alicyclic amines) is 1. The molecule has 2 saturated heterocycles. The zero-order valence-corrected chi connectivity index (χ0v) is 18.9. The Balaban J connectivity index is 1.29. The highest BCUT2D eigenvalue weighted by atomic mass is 16.5. The molecule has 5 rings (SSSR count). The zero-order chi connectivity index (χ0) is 21.0. The lowest BCUT2D eigenvalue weighted by Crippen LogP contribution is -2.34. The summed E-state index contributed by atoms with van der Waals surface area (Å²) in [5, 5.41) is 0. The van der Waals surface area contributed by atoms with Crippen LogP contribution in [0.25, 0.3) is 0 Å².